The summed E-state index contributed by atoms with van der Waals surface area (Å²) >= 11 is 0. The Kier molecular flexibility index (Phi) is 5.35. The van der Waals surface area contributed by atoms with E-state index in [1.165, 1.54) is 5.56 Å². The van der Waals surface area contributed by atoms with E-state index in [1.54, 1.807) is 0 Å². The number of amides is 1. The van der Waals surface area contributed by atoms with Crippen LogP contribution >= 0.6 is 0 Å². The number of rotatable bonds is 5. The van der Waals surface area contributed by atoms with Crippen LogP contribution in [0.25, 0.3) is 5.69 Å². The Bertz CT molecular complexity index is 848. The summed E-state index contributed by atoms with van der Waals surface area (Å²) in [5, 5.41) is 0. The predicted molar refractivity (Wildman–Crippen MR) is 108 cm³/mol. The van der Waals surface area contributed by atoms with Gasteiger partial charge in [0.25, 0.3) is 5.91 Å². The maximum atomic E-state index is 12.8. The fraction of sp³-hybridized carbons (Fsp3) is 0.261. The standard InChI is InChI=1S/C23H25N3O/c27-23(21-8-10-22(11-9-21)25-13-4-5-14-25)26-18-16-24(17-19-26)15-12-20-6-2-1-3-7-20/h1-11,13-14H,12,15-19H2. The van der Waals surface area contributed by atoms with Crippen molar-refractivity contribution in [1.82, 2.24) is 14.4 Å². The van der Waals surface area contributed by atoms with Gasteiger partial charge in [-0.05, 0) is 48.4 Å². The molecule has 138 valence electrons. The summed E-state index contributed by atoms with van der Waals surface area (Å²) in [6.45, 7) is 4.54. The number of benzene rings is 2. The highest BCUT2D eigenvalue weighted by atomic mass is 16.2. The molecular weight excluding hydrogens is 334 g/mol. The minimum Gasteiger partial charge on any atom is -0.336 e. The third-order valence-electron chi connectivity index (χ3n) is 5.24. The van der Waals surface area contributed by atoms with Crippen LogP contribution in [0.5, 0.6) is 0 Å². The van der Waals surface area contributed by atoms with Crippen LogP contribution in [-0.4, -0.2) is 53.0 Å². The zero-order chi connectivity index (χ0) is 18.5. The Balaban J connectivity index is 1.29. The second kappa shape index (κ2) is 8.23. The Morgan fingerprint density at radius 1 is 0.778 bits per heavy atom. The minimum absolute atomic E-state index is 0.136. The van der Waals surface area contributed by atoms with E-state index in [1.807, 2.05) is 58.3 Å². The van der Waals surface area contributed by atoms with E-state index in [4.69, 9.17) is 0 Å². The molecule has 2 heterocycles. The highest BCUT2D eigenvalue weighted by Crippen LogP contribution is 2.14. The Morgan fingerprint density at radius 2 is 1.44 bits per heavy atom. The van der Waals surface area contributed by atoms with Crippen molar-refractivity contribution in [2.45, 2.75) is 6.42 Å². The Hall–Kier alpha value is -2.85. The zero-order valence-corrected chi connectivity index (χ0v) is 15.5. The third-order valence-corrected chi connectivity index (χ3v) is 5.24. The molecule has 0 atom stereocenters. The maximum absolute atomic E-state index is 12.8. The van der Waals surface area contributed by atoms with E-state index in [0.29, 0.717) is 0 Å². The van der Waals surface area contributed by atoms with Crippen molar-refractivity contribution in [1.29, 1.82) is 0 Å². The molecule has 2 aromatic carbocycles. The first kappa shape index (κ1) is 17.6. The van der Waals surface area contributed by atoms with Crippen LogP contribution in [0.2, 0.25) is 0 Å². The molecule has 1 aromatic heterocycles. The average molecular weight is 359 g/mol. The molecule has 1 fully saturated rings. The van der Waals surface area contributed by atoms with E-state index in [9.17, 15) is 4.79 Å². The van der Waals surface area contributed by atoms with Crippen molar-refractivity contribution in [3.05, 3.63) is 90.3 Å². The molecule has 1 aliphatic rings. The van der Waals surface area contributed by atoms with Gasteiger partial charge in [0.05, 0.1) is 0 Å². The van der Waals surface area contributed by atoms with Crippen molar-refractivity contribution in [3.8, 4) is 5.69 Å². The third kappa shape index (κ3) is 4.29. The maximum Gasteiger partial charge on any atom is 0.253 e. The summed E-state index contributed by atoms with van der Waals surface area (Å²) in [5.41, 5.74) is 3.21. The second-order valence-electron chi connectivity index (χ2n) is 7.01. The monoisotopic (exact) mass is 359 g/mol. The van der Waals surface area contributed by atoms with Gasteiger partial charge >= 0.3 is 0 Å². The van der Waals surface area contributed by atoms with E-state index >= 15 is 0 Å². The van der Waals surface area contributed by atoms with Gasteiger partial charge in [-0.15, -0.1) is 0 Å². The molecule has 0 saturated carbocycles. The van der Waals surface area contributed by atoms with Crippen LogP contribution in [0.15, 0.2) is 79.1 Å². The largest absolute Gasteiger partial charge is 0.336 e. The number of nitrogens with zero attached hydrogens (tertiary/aromatic N) is 3. The molecular formula is C23H25N3O. The van der Waals surface area contributed by atoms with Gasteiger partial charge in [0.2, 0.25) is 0 Å². The molecule has 27 heavy (non-hydrogen) atoms. The van der Waals surface area contributed by atoms with Crippen LogP contribution in [-0.2, 0) is 6.42 Å². The quantitative estimate of drug-likeness (QED) is 0.698. The van der Waals surface area contributed by atoms with Gasteiger partial charge in [-0.1, -0.05) is 30.3 Å². The lowest BCUT2D eigenvalue weighted by molar-refractivity contribution is 0.0638. The summed E-state index contributed by atoms with van der Waals surface area (Å²) < 4.78 is 2.04. The highest BCUT2D eigenvalue weighted by Gasteiger charge is 2.21. The van der Waals surface area contributed by atoms with Crippen molar-refractivity contribution >= 4 is 5.91 Å². The number of carbonyl (C=O) groups excluding carboxylic acids is 1. The first-order valence-corrected chi connectivity index (χ1v) is 9.58. The first-order valence-electron chi connectivity index (χ1n) is 9.58. The van der Waals surface area contributed by atoms with Crippen molar-refractivity contribution in [2.75, 3.05) is 32.7 Å². The fourth-order valence-electron chi connectivity index (χ4n) is 3.57. The number of carbonyl (C=O) groups is 1. The molecule has 1 amide bonds. The van der Waals surface area contributed by atoms with Crippen molar-refractivity contribution in [2.24, 2.45) is 0 Å². The van der Waals surface area contributed by atoms with Crippen LogP contribution in [0.1, 0.15) is 15.9 Å². The normalized spacial score (nSPS) is 15.0. The molecule has 4 heteroatoms. The van der Waals surface area contributed by atoms with Gasteiger partial charge in [0.1, 0.15) is 0 Å². The lowest BCUT2D eigenvalue weighted by Gasteiger charge is -2.34. The van der Waals surface area contributed by atoms with E-state index in [0.717, 1.165) is 50.4 Å². The van der Waals surface area contributed by atoms with Gasteiger partial charge in [-0.25, -0.2) is 0 Å². The molecule has 0 bridgehead atoms. The van der Waals surface area contributed by atoms with Gasteiger partial charge in [-0.3, -0.25) is 9.69 Å². The SMILES string of the molecule is O=C(c1ccc(-n2cccc2)cc1)N1CCN(CCc2ccccc2)CC1. The Labute approximate surface area is 160 Å². The number of aromatic nitrogens is 1. The van der Waals surface area contributed by atoms with E-state index in [2.05, 4.69) is 35.2 Å². The summed E-state index contributed by atoms with van der Waals surface area (Å²) in [4.78, 5) is 17.2. The van der Waals surface area contributed by atoms with Crippen LogP contribution in [0.3, 0.4) is 0 Å². The molecule has 3 aromatic rings. The minimum atomic E-state index is 0.136. The number of piperazine rings is 1. The van der Waals surface area contributed by atoms with Crippen LogP contribution in [0.4, 0.5) is 0 Å². The zero-order valence-electron chi connectivity index (χ0n) is 15.5. The lowest BCUT2D eigenvalue weighted by atomic mass is 10.1. The topological polar surface area (TPSA) is 28.5 Å². The molecule has 0 radical (unpaired) electrons. The van der Waals surface area contributed by atoms with Crippen molar-refractivity contribution in [3.63, 3.8) is 0 Å². The molecule has 1 aliphatic heterocycles. The lowest BCUT2D eigenvalue weighted by Crippen LogP contribution is -2.49. The summed E-state index contributed by atoms with van der Waals surface area (Å²) in [6.07, 6.45) is 5.08. The van der Waals surface area contributed by atoms with Gasteiger partial charge in [0, 0.05) is 56.4 Å². The summed E-state index contributed by atoms with van der Waals surface area (Å²) in [5.74, 6) is 0.136. The Morgan fingerprint density at radius 3 is 2.11 bits per heavy atom. The first-order chi connectivity index (χ1) is 13.3. The number of hydrogen-bond acceptors (Lipinski definition) is 2. The van der Waals surface area contributed by atoms with Gasteiger partial charge in [0.15, 0.2) is 0 Å². The van der Waals surface area contributed by atoms with E-state index in [-0.39, 0.29) is 5.91 Å². The molecule has 0 unspecified atom stereocenters. The number of hydrogen-bond donors (Lipinski definition) is 0. The van der Waals surface area contributed by atoms with Gasteiger partial charge in [-0.2, -0.15) is 0 Å². The van der Waals surface area contributed by atoms with Gasteiger partial charge < -0.3 is 9.47 Å². The molecule has 1 saturated heterocycles. The molecule has 0 N–H and O–H groups in total. The molecule has 4 rings (SSSR count). The van der Waals surface area contributed by atoms with E-state index < -0.39 is 0 Å². The molecule has 0 aliphatic carbocycles. The summed E-state index contributed by atoms with van der Waals surface area (Å²) in [6, 6.07) is 22.5. The van der Waals surface area contributed by atoms with Crippen LogP contribution in [0, 0.1) is 0 Å². The predicted octanol–water partition coefficient (Wildman–Crippen LogP) is 3.48. The fourth-order valence-corrected chi connectivity index (χ4v) is 3.57. The van der Waals surface area contributed by atoms with Crippen LogP contribution < -0.4 is 0 Å². The second-order valence-corrected chi connectivity index (χ2v) is 7.01. The molecule has 4 nitrogen and oxygen atoms in total. The smallest absolute Gasteiger partial charge is 0.253 e. The summed E-state index contributed by atoms with van der Waals surface area (Å²) in [7, 11) is 0. The van der Waals surface area contributed by atoms with Crippen molar-refractivity contribution < 1.29 is 4.79 Å². The highest BCUT2D eigenvalue weighted by molar-refractivity contribution is 5.94. The molecule has 0 spiro atoms. The average Bonchev–Trinajstić information content (AvgIpc) is 3.28.